The zero-order chi connectivity index (χ0) is 20.4. The van der Waals surface area contributed by atoms with Crippen LogP contribution in [-0.4, -0.2) is 29.3 Å². The van der Waals surface area contributed by atoms with Crippen LogP contribution in [0.5, 0.6) is 11.5 Å². The molecule has 0 aliphatic heterocycles. The largest absolute Gasteiger partial charge is 0.490 e. The van der Waals surface area contributed by atoms with Crippen molar-refractivity contribution in [2.45, 2.75) is 65.2 Å². The molecule has 154 valence electrons. The van der Waals surface area contributed by atoms with E-state index in [0.717, 1.165) is 12.8 Å². The summed E-state index contributed by atoms with van der Waals surface area (Å²) < 4.78 is 11.5. The number of nitrogens with one attached hydrogen (secondary N) is 1. The molecule has 2 N–H and O–H groups in total. The molecular formula is C22H31NO5. The van der Waals surface area contributed by atoms with E-state index in [9.17, 15) is 9.59 Å². The SMILES string of the molecule is CCCCCCCCCCOc1cc2c(=O)c(C(=O)O)c[nH]c2cc1OCC. The summed E-state index contributed by atoms with van der Waals surface area (Å²) in [5.41, 5.74) is -0.287. The van der Waals surface area contributed by atoms with Gasteiger partial charge in [0.25, 0.3) is 0 Å². The van der Waals surface area contributed by atoms with Crippen LogP contribution in [0.2, 0.25) is 0 Å². The third-order valence-electron chi connectivity index (χ3n) is 4.73. The van der Waals surface area contributed by atoms with Crippen molar-refractivity contribution in [3.63, 3.8) is 0 Å². The molecule has 1 aromatic carbocycles. The summed E-state index contributed by atoms with van der Waals surface area (Å²) in [5, 5.41) is 9.44. The highest BCUT2D eigenvalue weighted by atomic mass is 16.5. The highest BCUT2D eigenvalue weighted by Crippen LogP contribution is 2.31. The van der Waals surface area contributed by atoms with Crippen LogP contribution in [0.4, 0.5) is 0 Å². The lowest BCUT2D eigenvalue weighted by atomic mass is 10.1. The van der Waals surface area contributed by atoms with Gasteiger partial charge in [-0.3, -0.25) is 4.79 Å². The average molecular weight is 389 g/mol. The molecule has 1 aromatic heterocycles. The van der Waals surface area contributed by atoms with Crippen molar-refractivity contribution in [3.05, 3.63) is 34.1 Å². The van der Waals surface area contributed by atoms with Crippen LogP contribution in [0, 0.1) is 0 Å². The molecular weight excluding hydrogens is 358 g/mol. The zero-order valence-electron chi connectivity index (χ0n) is 16.9. The number of aromatic nitrogens is 1. The van der Waals surface area contributed by atoms with Gasteiger partial charge in [0.15, 0.2) is 11.5 Å². The van der Waals surface area contributed by atoms with Crippen LogP contribution >= 0.6 is 0 Å². The zero-order valence-corrected chi connectivity index (χ0v) is 16.9. The number of rotatable bonds is 13. The maximum Gasteiger partial charge on any atom is 0.341 e. The van der Waals surface area contributed by atoms with Gasteiger partial charge in [-0.15, -0.1) is 0 Å². The Morgan fingerprint density at radius 1 is 0.964 bits per heavy atom. The van der Waals surface area contributed by atoms with Gasteiger partial charge in [0, 0.05) is 12.3 Å². The molecule has 2 aromatic rings. The van der Waals surface area contributed by atoms with E-state index in [-0.39, 0.29) is 10.9 Å². The minimum Gasteiger partial charge on any atom is -0.490 e. The molecule has 0 spiro atoms. The van der Waals surface area contributed by atoms with Gasteiger partial charge >= 0.3 is 5.97 Å². The number of ether oxygens (including phenoxy) is 2. The number of carbonyl (C=O) groups is 1. The molecule has 0 bridgehead atoms. The fraction of sp³-hybridized carbons (Fsp3) is 0.545. The third kappa shape index (κ3) is 6.01. The molecule has 0 radical (unpaired) electrons. The van der Waals surface area contributed by atoms with E-state index in [1.807, 2.05) is 6.92 Å². The first-order chi connectivity index (χ1) is 13.6. The summed E-state index contributed by atoms with van der Waals surface area (Å²) in [6.45, 7) is 5.11. The van der Waals surface area contributed by atoms with Crippen LogP contribution in [0.3, 0.4) is 0 Å². The van der Waals surface area contributed by atoms with Crippen LogP contribution in [0.15, 0.2) is 23.1 Å². The lowest BCUT2D eigenvalue weighted by Crippen LogP contribution is -2.15. The topological polar surface area (TPSA) is 88.6 Å². The van der Waals surface area contributed by atoms with Crippen molar-refractivity contribution in [2.75, 3.05) is 13.2 Å². The predicted octanol–water partition coefficient (Wildman–Crippen LogP) is 5.14. The number of hydrogen-bond donors (Lipinski definition) is 2. The van der Waals surface area contributed by atoms with E-state index in [1.54, 1.807) is 12.1 Å². The number of carboxylic acid groups (broad SMARTS) is 1. The van der Waals surface area contributed by atoms with E-state index in [1.165, 1.54) is 44.7 Å². The van der Waals surface area contributed by atoms with Gasteiger partial charge in [-0.1, -0.05) is 51.9 Å². The first-order valence-corrected chi connectivity index (χ1v) is 10.3. The second kappa shape index (κ2) is 11.4. The quantitative estimate of drug-likeness (QED) is 0.463. The maximum absolute atomic E-state index is 12.4. The number of carboxylic acids is 1. The molecule has 2 rings (SSSR count). The summed E-state index contributed by atoms with van der Waals surface area (Å²) in [4.78, 5) is 26.5. The van der Waals surface area contributed by atoms with Gasteiger partial charge in [0.2, 0.25) is 5.43 Å². The summed E-state index contributed by atoms with van der Waals surface area (Å²) in [6.07, 6.45) is 10.9. The summed E-state index contributed by atoms with van der Waals surface area (Å²) >= 11 is 0. The molecule has 1 heterocycles. The molecule has 0 atom stereocenters. The number of hydrogen-bond acceptors (Lipinski definition) is 4. The van der Waals surface area contributed by atoms with Crippen molar-refractivity contribution in [1.82, 2.24) is 4.98 Å². The van der Waals surface area contributed by atoms with Gasteiger partial charge in [0.1, 0.15) is 5.56 Å². The first kappa shape index (κ1) is 21.8. The van der Waals surface area contributed by atoms with Crippen molar-refractivity contribution in [2.24, 2.45) is 0 Å². The Kier molecular flexibility index (Phi) is 8.85. The van der Waals surface area contributed by atoms with Crippen LogP contribution < -0.4 is 14.9 Å². The van der Waals surface area contributed by atoms with E-state index >= 15 is 0 Å². The third-order valence-corrected chi connectivity index (χ3v) is 4.73. The molecule has 6 nitrogen and oxygen atoms in total. The van der Waals surface area contributed by atoms with E-state index < -0.39 is 11.4 Å². The van der Waals surface area contributed by atoms with E-state index in [4.69, 9.17) is 14.6 Å². The Labute approximate surface area is 165 Å². The Morgan fingerprint density at radius 2 is 1.61 bits per heavy atom. The Morgan fingerprint density at radius 3 is 2.25 bits per heavy atom. The van der Waals surface area contributed by atoms with E-state index in [2.05, 4.69) is 11.9 Å². The minimum atomic E-state index is -1.25. The number of H-pyrrole nitrogens is 1. The van der Waals surface area contributed by atoms with Crippen molar-refractivity contribution in [1.29, 1.82) is 0 Å². The average Bonchev–Trinajstić information content (AvgIpc) is 2.67. The van der Waals surface area contributed by atoms with Crippen LogP contribution in [0.25, 0.3) is 10.9 Å². The smallest absolute Gasteiger partial charge is 0.341 e. The lowest BCUT2D eigenvalue weighted by molar-refractivity contribution is 0.0695. The van der Waals surface area contributed by atoms with Gasteiger partial charge in [-0.25, -0.2) is 4.79 Å². The monoisotopic (exact) mass is 389 g/mol. The first-order valence-electron chi connectivity index (χ1n) is 10.3. The van der Waals surface area contributed by atoms with Crippen LogP contribution in [-0.2, 0) is 0 Å². The standard InChI is InChI=1S/C22H31NO5/c1-3-5-6-7-8-9-10-11-12-28-19-13-16-18(14-20(19)27-4-2)23-15-17(21(16)24)22(25)26/h13-15H,3-12H2,1-2H3,(H,23,24)(H,25,26). The lowest BCUT2D eigenvalue weighted by Gasteiger charge is -2.13. The van der Waals surface area contributed by atoms with E-state index in [0.29, 0.717) is 30.2 Å². The highest BCUT2D eigenvalue weighted by molar-refractivity contribution is 5.93. The Bertz CT molecular complexity index is 828. The number of aromatic amines is 1. The molecule has 0 saturated carbocycles. The fourth-order valence-electron chi connectivity index (χ4n) is 3.19. The molecule has 0 unspecified atom stereocenters. The molecule has 6 heteroatoms. The Hall–Kier alpha value is -2.50. The van der Waals surface area contributed by atoms with Crippen molar-refractivity contribution in [3.8, 4) is 11.5 Å². The number of benzene rings is 1. The molecule has 0 amide bonds. The summed E-state index contributed by atoms with van der Waals surface area (Å²) in [7, 11) is 0. The second-order valence-corrected chi connectivity index (χ2v) is 6.94. The number of aromatic carboxylic acids is 1. The number of pyridine rings is 1. The molecule has 0 saturated heterocycles. The fourth-order valence-corrected chi connectivity index (χ4v) is 3.19. The predicted molar refractivity (Wildman–Crippen MR) is 111 cm³/mol. The maximum atomic E-state index is 12.4. The van der Waals surface area contributed by atoms with Gasteiger partial charge in [-0.2, -0.15) is 0 Å². The molecule has 0 aliphatic rings. The van der Waals surface area contributed by atoms with Gasteiger partial charge in [-0.05, 0) is 19.4 Å². The molecule has 28 heavy (non-hydrogen) atoms. The number of fused-ring (bicyclic) bond motifs is 1. The minimum absolute atomic E-state index is 0.286. The summed E-state index contributed by atoms with van der Waals surface area (Å²) in [6, 6.07) is 3.27. The van der Waals surface area contributed by atoms with Gasteiger partial charge in [0.05, 0.1) is 24.1 Å². The van der Waals surface area contributed by atoms with Gasteiger partial charge < -0.3 is 19.6 Å². The highest BCUT2D eigenvalue weighted by Gasteiger charge is 2.15. The Balaban J connectivity index is 2.01. The molecule has 0 fully saturated rings. The second-order valence-electron chi connectivity index (χ2n) is 6.94. The molecule has 0 aliphatic carbocycles. The normalized spacial score (nSPS) is 10.9. The van der Waals surface area contributed by atoms with Crippen molar-refractivity contribution >= 4 is 16.9 Å². The van der Waals surface area contributed by atoms with Crippen LogP contribution in [0.1, 0.15) is 75.6 Å². The van der Waals surface area contributed by atoms with Crippen molar-refractivity contribution < 1.29 is 19.4 Å². The summed E-state index contributed by atoms with van der Waals surface area (Å²) in [5.74, 6) is -0.225. The number of unbranched alkanes of at least 4 members (excludes halogenated alkanes) is 7.